The number of aromatic nitrogens is 3. The van der Waals surface area contributed by atoms with E-state index in [1.807, 2.05) is 24.6 Å². The molecule has 0 aliphatic heterocycles. The molecule has 2 aromatic rings. The van der Waals surface area contributed by atoms with Gasteiger partial charge in [-0.25, -0.2) is 4.99 Å². The first-order chi connectivity index (χ1) is 14.7. The molecule has 8 nitrogen and oxygen atoms in total. The van der Waals surface area contributed by atoms with Gasteiger partial charge in [0.1, 0.15) is 12.4 Å². The monoisotopic (exact) mass is 429 g/mol. The number of methoxy groups -OCH3 is 1. The van der Waals surface area contributed by atoms with Crippen LogP contribution in [0.3, 0.4) is 0 Å². The Kier molecular flexibility index (Phi) is 9.30. The van der Waals surface area contributed by atoms with Crippen molar-refractivity contribution in [1.82, 2.24) is 25.4 Å². The zero-order valence-electron chi connectivity index (χ0n) is 20.1. The number of nitrogens with one attached hydrogen (secondary N) is 2. The normalized spacial score (nSPS) is 13.2. The summed E-state index contributed by atoms with van der Waals surface area (Å²) in [5.41, 5.74) is 1.26. The highest BCUT2D eigenvalue weighted by Crippen LogP contribution is 2.20. The van der Waals surface area contributed by atoms with Crippen molar-refractivity contribution in [2.75, 3.05) is 38.7 Å². The number of guanidine groups is 1. The summed E-state index contributed by atoms with van der Waals surface area (Å²) in [6, 6.07) is 10.4. The van der Waals surface area contributed by atoms with E-state index in [0.717, 1.165) is 37.1 Å². The molecule has 0 bridgehead atoms. The van der Waals surface area contributed by atoms with Gasteiger partial charge in [-0.15, -0.1) is 10.2 Å². The van der Waals surface area contributed by atoms with E-state index in [4.69, 9.17) is 9.73 Å². The van der Waals surface area contributed by atoms with E-state index in [1.165, 1.54) is 5.69 Å². The smallest absolute Gasteiger partial charge is 0.191 e. The topological polar surface area (TPSA) is 79.6 Å². The minimum Gasteiger partial charge on any atom is -0.379 e. The molecule has 0 aliphatic carbocycles. The SMILES string of the molecule is COC(CNC(=NCc1nnc(C)n1C)NCCCN(C)c1ccccc1)C(C)(C)C. The first-order valence-corrected chi connectivity index (χ1v) is 10.9. The van der Waals surface area contributed by atoms with E-state index < -0.39 is 0 Å². The second-order valence-corrected chi connectivity index (χ2v) is 8.90. The molecule has 0 amide bonds. The van der Waals surface area contributed by atoms with Gasteiger partial charge in [-0.05, 0) is 30.9 Å². The van der Waals surface area contributed by atoms with Gasteiger partial charge in [-0.2, -0.15) is 0 Å². The fourth-order valence-electron chi connectivity index (χ4n) is 3.18. The van der Waals surface area contributed by atoms with E-state index in [2.05, 4.69) is 77.8 Å². The fourth-order valence-corrected chi connectivity index (χ4v) is 3.18. The number of rotatable bonds is 10. The Morgan fingerprint density at radius 3 is 2.48 bits per heavy atom. The van der Waals surface area contributed by atoms with Crippen LogP contribution in [0.25, 0.3) is 0 Å². The summed E-state index contributed by atoms with van der Waals surface area (Å²) in [6.45, 7) is 11.4. The van der Waals surface area contributed by atoms with Gasteiger partial charge >= 0.3 is 0 Å². The van der Waals surface area contributed by atoms with Gasteiger partial charge in [0.15, 0.2) is 11.8 Å². The van der Waals surface area contributed by atoms with Crippen LogP contribution in [0.5, 0.6) is 0 Å². The molecule has 0 spiro atoms. The molecule has 0 saturated carbocycles. The Hall–Kier alpha value is -2.61. The summed E-state index contributed by atoms with van der Waals surface area (Å²) < 4.78 is 7.64. The van der Waals surface area contributed by atoms with Gasteiger partial charge in [0.05, 0.1) is 6.10 Å². The molecule has 2 rings (SSSR count). The third-order valence-corrected chi connectivity index (χ3v) is 5.43. The lowest BCUT2D eigenvalue weighted by atomic mass is 9.89. The third kappa shape index (κ3) is 7.86. The van der Waals surface area contributed by atoms with E-state index in [-0.39, 0.29) is 11.5 Å². The standard InChI is InChI=1S/C23H39N7O/c1-18-27-28-21(30(18)6)17-26-22(25-16-20(31-7)23(2,3)4)24-14-11-15-29(5)19-12-9-8-10-13-19/h8-10,12-13,20H,11,14-17H2,1-7H3,(H2,24,25,26). The molecule has 1 aromatic carbocycles. The molecule has 1 aromatic heterocycles. The molecule has 172 valence electrons. The van der Waals surface area contributed by atoms with E-state index >= 15 is 0 Å². The van der Waals surface area contributed by atoms with Crippen molar-refractivity contribution in [3.8, 4) is 0 Å². The maximum Gasteiger partial charge on any atom is 0.191 e. The Morgan fingerprint density at radius 2 is 1.90 bits per heavy atom. The second kappa shape index (κ2) is 11.7. The summed E-state index contributed by atoms with van der Waals surface area (Å²) >= 11 is 0. The van der Waals surface area contributed by atoms with E-state index in [9.17, 15) is 0 Å². The van der Waals surface area contributed by atoms with Gasteiger partial charge in [0.2, 0.25) is 0 Å². The number of nitrogens with zero attached hydrogens (tertiary/aromatic N) is 5. The zero-order valence-corrected chi connectivity index (χ0v) is 20.1. The molecule has 0 fully saturated rings. The lowest BCUT2D eigenvalue weighted by molar-refractivity contribution is 0.0205. The molecule has 1 unspecified atom stereocenters. The molecular formula is C23H39N7O. The molecule has 0 saturated heterocycles. The zero-order chi connectivity index (χ0) is 22.9. The Labute approximate surface area is 187 Å². The third-order valence-electron chi connectivity index (χ3n) is 5.43. The molecule has 1 heterocycles. The number of hydrogen-bond acceptors (Lipinski definition) is 5. The average molecular weight is 430 g/mol. The predicted molar refractivity (Wildman–Crippen MR) is 127 cm³/mol. The molecule has 8 heteroatoms. The van der Waals surface area contributed by atoms with E-state index in [1.54, 1.807) is 7.11 Å². The van der Waals surface area contributed by atoms with Crippen LogP contribution in [-0.4, -0.2) is 60.6 Å². The fraction of sp³-hybridized carbons (Fsp3) is 0.609. The predicted octanol–water partition coefficient (Wildman–Crippen LogP) is 2.75. The summed E-state index contributed by atoms with van der Waals surface area (Å²) in [5, 5.41) is 15.2. The molecular weight excluding hydrogens is 390 g/mol. The Balaban J connectivity index is 1.94. The van der Waals surface area contributed by atoms with Crippen molar-refractivity contribution < 1.29 is 4.74 Å². The number of ether oxygens (including phenoxy) is 1. The highest BCUT2D eigenvalue weighted by molar-refractivity contribution is 5.79. The maximum absolute atomic E-state index is 5.68. The largest absolute Gasteiger partial charge is 0.379 e. The maximum atomic E-state index is 5.68. The summed E-state index contributed by atoms with van der Waals surface area (Å²) in [5.74, 6) is 2.47. The van der Waals surface area contributed by atoms with Crippen molar-refractivity contribution in [3.05, 3.63) is 42.0 Å². The van der Waals surface area contributed by atoms with Crippen LogP contribution >= 0.6 is 0 Å². The van der Waals surface area contributed by atoms with E-state index in [0.29, 0.717) is 13.1 Å². The van der Waals surface area contributed by atoms with Crippen LogP contribution in [-0.2, 0) is 18.3 Å². The van der Waals surface area contributed by atoms with Crippen molar-refractivity contribution in [2.24, 2.45) is 17.5 Å². The number of aryl methyl sites for hydroxylation is 1. The lowest BCUT2D eigenvalue weighted by Crippen LogP contribution is -2.45. The van der Waals surface area contributed by atoms with Gasteiger partial charge in [0.25, 0.3) is 0 Å². The van der Waals surface area contributed by atoms with Crippen LogP contribution in [0.15, 0.2) is 35.3 Å². The van der Waals surface area contributed by atoms with Crippen LogP contribution in [0.1, 0.15) is 38.8 Å². The van der Waals surface area contributed by atoms with Crippen LogP contribution in [0, 0.1) is 12.3 Å². The first-order valence-electron chi connectivity index (χ1n) is 10.9. The van der Waals surface area contributed by atoms with Gasteiger partial charge in [-0.3, -0.25) is 0 Å². The quantitative estimate of drug-likeness (QED) is 0.343. The Morgan fingerprint density at radius 1 is 1.19 bits per heavy atom. The van der Waals surface area contributed by atoms with Crippen LogP contribution in [0.2, 0.25) is 0 Å². The molecule has 0 aliphatic rings. The molecule has 1 atom stereocenters. The number of aliphatic imine (C=N–C) groups is 1. The molecule has 31 heavy (non-hydrogen) atoms. The van der Waals surface area contributed by atoms with Crippen LogP contribution < -0.4 is 15.5 Å². The average Bonchev–Trinajstić information content (AvgIpc) is 3.06. The van der Waals surface area contributed by atoms with Crippen molar-refractivity contribution in [2.45, 2.75) is 46.8 Å². The second-order valence-electron chi connectivity index (χ2n) is 8.90. The Bertz CT molecular complexity index is 811. The number of anilines is 1. The van der Waals surface area contributed by atoms with Gasteiger partial charge < -0.3 is 24.8 Å². The first kappa shape index (κ1) is 24.7. The summed E-state index contributed by atoms with van der Waals surface area (Å²) in [4.78, 5) is 6.99. The molecule has 2 N–H and O–H groups in total. The van der Waals surface area contributed by atoms with Gasteiger partial charge in [-0.1, -0.05) is 39.0 Å². The highest BCUT2D eigenvalue weighted by atomic mass is 16.5. The minimum atomic E-state index is 0.0337. The summed E-state index contributed by atoms with van der Waals surface area (Å²) in [7, 11) is 5.83. The summed E-state index contributed by atoms with van der Waals surface area (Å²) in [6.07, 6.45) is 1.06. The minimum absolute atomic E-state index is 0.0337. The van der Waals surface area contributed by atoms with Crippen molar-refractivity contribution in [3.63, 3.8) is 0 Å². The number of para-hydroxylation sites is 1. The lowest BCUT2D eigenvalue weighted by Gasteiger charge is -2.30. The number of benzene rings is 1. The number of hydrogen-bond donors (Lipinski definition) is 2. The van der Waals surface area contributed by atoms with Crippen molar-refractivity contribution in [1.29, 1.82) is 0 Å². The van der Waals surface area contributed by atoms with Crippen molar-refractivity contribution >= 4 is 11.6 Å². The highest BCUT2D eigenvalue weighted by Gasteiger charge is 2.24. The van der Waals surface area contributed by atoms with Gasteiger partial charge in [0, 0.05) is 46.5 Å². The van der Waals surface area contributed by atoms with Crippen LogP contribution in [0.4, 0.5) is 5.69 Å². The molecule has 0 radical (unpaired) electrons.